The van der Waals surface area contributed by atoms with E-state index in [2.05, 4.69) is 24.0 Å². The number of benzene rings is 2. The van der Waals surface area contributed by atoms with E-state index in [0.29, 0.717) is 17.4 Å². The Labute approximate surface area is 181 Å². The number of nitrogens with zero attached hydrogens (tertiary/aromatic N) is 1. The van der Waals surface area contributed by atoms with Gasteiger partial charge in [0.1, 0.15) is 0 Å². The molecule has 1 saturated carbocycles. The maximum atomic E-state index is 12.0. The first-order valence-corrected chi connectivity index (χ1v) is 11.0. The molecule has 0 bridgehead atoms. The molecule has 0 aliphatic heterocycles. The Morgan fingerprint density at radius 3 is 2.03 bits per heavy atom. The van der Waals surface area contributed by atoms with Crippen LogP contribution in [0.1, 0.15) is 75.6 Å². The summed E-state index contributed by atoms with van der Waals surface area (Å²) in [6.07, 6.45) is 10.3. The van der Waals surface area contributed by atoms with Gasteiger partial charge in [0, 0.05) is 23.8 Å². The Balaban J connectivity index is 0.000000421. The molecular weight excluding hydrogens is 374 g/mol. The molecule has 1 aliphatic carbocycles. The standard InChI is InChI=1S/C19H29NO.C6H8N2.H2O/c1-3-4-10-15-20(17-11-6-5-7-12-17)19-14-9-8-13-18(19)16(2)21;7-5-3-1-2-4-6(5)8;/h8-9,13-14,17H,3-7,10-12,15H2,1-2H3;1-4H,7-8H2;1H2. The summed E-state index contributed by atoms with van der Waals surface area (Å²) in [4.78, 5) is 14.5. The third kappa shape index (κ3) is 7.71. The highest BCUT2D eigenvalue weighted by Gasteiger charge is 2.23. The number of carbonyl (C=O) groups is 1. The van der Waals surface area contributed by atoms with Crippen molar-refractivity contribution in [2.45, 2.75) is 71.3 Å². The predicted octanol–water partition coefficient (Wildman–Crippen LogP) is 5.24. The number of nitrogen functional groups attached to an aromatic ring is 2. The van der Waals surface area contributed by atoms with Gasteiger partial charge in [-0.1, -0.05) is 63.3 Å². The normalized spacial score (nSPS) is 13.5. The van der Waals surface area contributed by atoms with E-state index in [1.165, 1.54) is 51.4 Å². The van der Waals surface area contributed by atoms with Gasteiger partial charge in [-0.05, 0) is 50.5 Å². The number of carbonyl (C=O) groups excluding carboxylic acids is 1. The molecule has 0 heterocycles. The molecule has 30 heavy (non-hydrogen) atoms. The van der Waals surface area contributed by atoms with Gasteiger partial charge in [-0.15, -0.1) is 0 Å². The third-order valence-electron chi connectivity index (χ3n) is 5.61. The van der Waals surface area contributed by atoms with E-state index in [-0.39, 0.29) is 11.3 Å². The summed E-state index contributed by atoms with van der Waals surface area (Å²) in [5.74, 6) is 0.182. The van der Waals surface area contributed by atoms with Crippen molar-refractivity contribution in [3.63, 3.8) is 0 Å². The van der Waals surface area contributed by atoms with Crippen molar-refractivity contribution in [2.24, 2.45) is 0 Å². The van der Waals surface area contributed by atoms with E-state index in [9.17, 15) is 4.79 Å². The molecule has 6 N–H and O–H groups in total. The lowest BCUT2D eigenvalue weighted by atomic mass is 9.92. The van der Waals surface area contributed by atoms with Crippen molar-refractivity contribution in [2.75, 3.05) is 22.9 Å². The molecule has 5 heteroatoms. The summed E-state index contributed by atoms with van der Waals surface area (Å²) in [6.45, 7) is 5.02. The van der Waals surface area contributed by atoms with Crippen LogP contribution in [-0.4, -0.2) is 23.8 Å². The zero-order valence-corrected chi connectivity index (χ0v) is 18.6. The Morgan fingerprint density at radius 2 is 1.50 bits per heavy atom. The zero-order valence-electron chi connectivity index (χ0n) is 18.6. The fraction of sp³-hybridized carbons (Fsp3) is 0.480. The first kappa shape index (κ1) is 25.5. The molecule has 1 fully saturated rings. The van der Waals surface area contributed by atoms with Crippen LogP contribution in [0.5, 0.6) is 0 Å². The fourth-order valence-electron chi connectivity index (χ4n) is 3.96. The van der Waals surface area contributed by atoms with Crippen LogP contribution < -0.4 is 16.4 Å². The molecule has 2 aromatic carbocycles. The van der Waals surface area contributed by atoms with Crippen molar-refractivity contribution < 1.29 is 10.3 Å². The van der Waals surface area contributed by atoms with Crippen LogP contribution in [0.2, 0.25) is 0 Å². The Bertz CT molecular complexity index is 737. The van der Waals surface area contributed by atoms with E-state index in [4.69, 9.17) is 11.5 Å². The largest absolute Gasteiger partial charge is 0.412 e. The topological polar surface area (TPSA) is 104 Å². The smallest absolute Gasteiger partial charge is 0.161 e. The molecular formula is C25H39N3O2. The second kappa shape index (κ2) is 13.6. The Hall–Kier alpha value is -2.53. The van der Waals surface area contributed by atoms with Crippen LogP contribution in [0.15, 0.2) is 48.5 Å². The minimum Gasteiger partial charge on any atom is -0.412 e. The van der Waals surface area contributed by atoms with Crippen molar-refractivity contribution in [1.29, 1.82) is 0 Å². The number of anilines is 3. The monoisotopic (exact) mass is 413 g/mol. The van der Waals surface area contributed by atoms with Gasteiger partial charge in [0.25, 0.3) is 0 Å². The quantitative estimate of drug-likeness (QED) is 0.368. The second-order valence-electron chi connectivity index (χ2n) is 7.89. The molecule has 0 saturated heterocycles. The highest BCUT2D eigenvalue weighted by atomic mass is 16.1. The molecule has 0 atom stereocenters. The van der Waals surface area contributed by atoms with Gasteiger partial charge in [-0.25, -0.2) is 0 Å². The molecule has 0 radical (unpaired) electrons. The number of hydrogen-bond donors (Lipinski definition) is 2. The average Bonchev–Trinajstić information content (AvgIpc) is 2.74. The third-order valence-corrected chi connectivity index (χ3v) is 5.61. The number of para-hydroxylation sites is 3. The Morgan fingerprint density at radius 1 is 0.933 bits per heavy atom. The van der Waals surface area contributed by atoms with E-state index < -0.39 is 0 Å². The maximum absolute atomic E-state index is 12.0. The molecule has 0 spiro atoms. The highest BCUT2D eigenvalue weighted by molar-refractivity contribution is 5.99. The molecule has 1 aliphatic rings. The minimum atomic E-state index is 0. The van der Waals surface area contributed by atoms with Crippen LogP contribution >= 0.6 is 0 Å². The van der Waals surface area contributed by atoms with Gasteiger partial charge in [-0.2, -0.15) is 0 Å². The number of ketones is 1. The number of unbranched alkanes of at least 4 members (excludes halogenated alkanes) is 2. The van der Waals surface area contributed by atoms with E-state index in [1.54, 1.807) is 19.1 Å². The minimum absolute atomic E-state index is 0. The maximum Gasteiger partial charge on any atom is 0.161 e. The summed E-state index contributed by atoms with van der Waals surface area (Å²) in [5.41, 5.74) is 14.1. The predicted molar refractivity (Wildman–Crippen MR) is 129 cm³/mol. The van der Waals surface area contributed by atoms with Gasteiger partial charge >= 0.3 is 0 Å². The van der Waals surface area contributed by atoms with Crippen LogP contribution in [-0.2, 0) is 0 Å². The molecule has 0 unspecified atom stereocenters. The van der Waals surface area contributed by atoms with Gasteiger partial charge in [-0.3, -0.25) is 4.79 Å². The van der Waals surface area contributed by atoms with E-state index >= 15 is 0 Å². The van der Waals surface area contributed by atoms with Crippen molar-refractivity contribution in [3.05, 3.63) is 54.1 Å². The van der Waals surface area contributed by atoms with Crippen molar-refractivity contribution in [1.82, 2.24) is 0 Å². The molecule has 166 valence electrons. The lowest BCUT2D eigenvalue weighted by molar-refractivity contribution is 0.101. The molecule has 3 rings (SSSR count). The highest BCUT2D eigenvalue weighted by Crippen LogP contribution is 2.30. The van der Waals surface area contributed by atoms with E-state index in [0.717, 1.165) is 17.8 Å². The Kier molecular flexibility index (Phi) is 11.6. The van der Waals surface area contributed by atoms with Crippen molar-refractivity contribution in [3.8, 4) is 0 Å². The van der Waals surface area contributed by atoms with Crippen molar-refractivity contribution >= 4 is 22.8 Å². The van der Waals surface area contributed by atoms with Crippen LogP contribution in [0.4, 0.5) is 17.1 Å². The summed E-state index contributed by atoms with van der Waals surface area (Å²) < 4.78 is 0. The molecule has 5 nitrogen and oxygen atoms in total. The summed E-state index contributed by atoms with van der Waals surface area (Å²) in [7, 11) is 0. The van der Waals surface area contributed by atoms with Crippen LogP contribution in [0.25, 0.3) is 0 Å². The SMILES string of the molecule is CCCCCN(c1ccccc1C(C)=O)C1CCCCC1.Nc1ccccc1N.O. The summed E-state index contributed by atoms with van der Waals surface area (Å²) >= 11 is 0. The molecule has 0 aromatic heterocycles. The first-order chi connectivity index (χ1) is 14.0. The first-order valence-electron chi connectivity index (χ1n) is 11.0. The second-order valence-corrected chi connectivity index (χ2v) is 7.89. The molecule has 0 amide bonds. The fourth-order valence-corrected chi connectivity index (χ4v) is 3.96. The van der Waals surface area contributed by atoms with Crippen LogP contribution in [0, 0.1) is 0 Å². The summed E-state index contributed by atoms with van der Waals surface area (Å²) in [5, 5.41) is 0. The van der Waals surface area contributed by atoms with Gasteiger partial charge in [0.15, 0.2) is 5.78 Å². The van der Waals surface area contributed by atoms with Gasteiger partial charge in [0.05, 0.1) is 11.4 Å². The van der Waals surface area contributed by atoms with Gasteiger partial charge < -0.3 is 21.8 Å². The summed E-state index contributed by atoms with van der Waals surface area (Å²) in [6, 6.07) is 16.0. The number of nitrogens with two attached hydrogens (primary N) is 2. The zero-order chi connectivity index (χ0) is 21.1. The number of Topliss-reactive ketones (excluding diaryl/α,β-unsaturated/α-hetero) is 1. The lowest BCUT2D eigenvalue weighted by Gasteiger charge is -2.37. The molecule has 2 aromatic rings. The van der Waals surface area contributed by atoms with E-state index in [1.807, 2.05) is 24.3 Å². The van der Waals surface area contributed by atoms with Crippen LogP contribution in [0.3, 0.4) is 0 Å². The number of rotatable bonds is 7. The van der Waals surface area contributed by atoms with Gasteiger partial charge in [0.2, 0.25) is 0 Å². The lowest BCUT2D eigenvalue weighted by Crippen LogP contribution is -2.38. The average molecular weight is 414 g/mol. The number of hydrogen-bond acceptors (Lipinski definition) is 4.